The largest absolute Gasteiger partial charge is 0.312 e. The van der Waals surface area contributed by atoms with E-state index in [2.05, 4.69) is 5.32 Å². The number of nitrogens with zero attached hydrogens (tertiary/aromatic N) is 1. The number of sulfonamides is 1. The van der Waals surface area contributed by atoms with Gasteiger partial charge in [-0.25, -0.2) is 8.42 Å². The van der Waals surface area contributed by atoms with Crippen LogP contribution in [0.4, 0.5) is 0 Å². The molecule has 1 N–H and O–H groups in total. The van der Waals surface area contributed by atoms with Gasteiger partial charge in [0.05, 0.1) is 4.90 Å². The van der Waals surface area contributed by atoms with Crippen LogP contribution in [0.2, 0.25) is 0 Å². The van der Waals surface area contributed by atoms with Crippen LogP contribution in [-0.2, 0) is 10.0 Å². The van der Waals surface area contributed by atoms with Crippen molar-refractivity contribution < 1.29 is 8.42 Å². The second kappa shape index (κ2) is 4.33. The van der Waals surface area contributed by atoms with Crippen molar-refractivity contribution in [1.82, 2.24) is 9.62 Å². The monoisotopic (exact) mass is 266 g/mol. The minimum Gasteiger partial charge on any atom is -0.312 e. The van der Waals surface area contributed by atoms with E-state index in [9.17, 15) is 8.42 Å². The fourth-order valence-electron chi connectivity index (χ4n) is 2.93. The Bertz CT molecular complexity index is 544. The Labute approximate surface area is 108 Å². The Balaban J connectivity index is 1.87. The first-order valence-corrected chi connectivity index (χ1v) is 7.81. The van der Waals surface area contributed by atoms with Crippen molar-refractivity contribution in [2.24, 2.45) is 5.92 Å². The Kier molecular flexibility index (Phi) is 2.92. The van der Waals surface area contributed by atoms with Crippen molar-refractivity contribution in [3.05, 3.63) is 29.8 Å². The highest BCUT2D eigenvalue weighted by molar-refractivity contribution is 7.89. The average Bonchev–Trinajstić information content (AvgIpc) is 2.89. The van der Waals surface area contributed by atoms with Gasteiger partial charge in [-0.15, -0.1) is 0 Å². The lowest BCUT2D eigenvalue weighted by Gasteiger charge is -2.17. The zero-order valence-electron chi connectivity index (χ0n) is 10.5. The van der Waals surface area contributed by atoms with Gasteiger partial charge in [0.2, 0.25) is 10.0 Å². The zero-order chi connectivity index (χ0) is 12.8. The summed E-state index contributed by atoms with van der Waals surface area (Å²) in [5.41, 5.74) is 0.980. The van der Waals surface area contributed by atoms with Crippen molar-refractivity contribution in [1.29, 1.82) is 0 Å². The normalized spacial score (nSPS) is 28.5. The van der Waals surface area contributed by atoms with Crippen LogP contribution in [0.1, 0.15) is 12.0 Å². The lowest BCUT2D eigenvalue weighted by atomic mass is 10.1. The highest BCUT2D eigenvalue weighted by Crippen LogP contribution is 2.29. The van der Waals surface area contributed by atoms with E-state index >= 15 is 0 Å². The molecule has 18 heavy (non-hydrogen) atoms. The Morgan fingerprint density at radius 2 is 2.17 bits per heavy atom. The van der Waals surface area contributed by atoms with Crippen LogP contribution >= 0.6 is 0 Å². The molecule has 2 saturated heterocycles. The van der Waals surface area contributed by atoms with E-state index in [0.717, 1.165) is 18.5 Å². The van der Waals surface area contributed by atoms with E-state index in [4.69, 9.17) is 0 Å². The van der Waals surface area contributed by atoms with E-state index < -0.39 is 10.0 Å². The van der Waals surface area contributed by atoms with E-state index in [1.54, 1.807) is 22.5 Å². The van der Waals surface area contributed by atoms with Crippen LogP contribution in [0.5, 0.6) is 0 Å². The summed E-state index contributed by atoms with van der Waals surface area (Å²) in [7, 11) is -3.31. The van der Waals surface area contributed by atoms with Crippen LogP contribution in [0.3, 0.4) is 0 Å². The first-order valence-electron chi connectivity index (χ1n) is 6.37. The molecule has 2 fully saturated rings. The van der Waals surface area contributed by atoms with Crippen LogP contribution in [-0.4, -0.2) is 38.4 Å². The van der Waals surface area contributed by atoms with Gasteiger partial charge in [0.25, 0.3) is 0 Å². The fraction of sp³-hybridized carbons (Fsp3) is 0.538. The van der Waals surface area contributed by atoms with Crippen molar-refractivity contribution >= 4 is 10.0 Å². The third-order valence-corrected chi connectivity index (χ3v) is 5.78. The minimum atomic E-state index is -3.31. The molecule has 0 aliphatic carbocycles. The van der Waals surface area contributed by atoms with Gasteiger partial charge in [-0.05, 0) is 43.5 Å². The quantitative estimate of drug-likeness (QED) is 0.868. The Morgan fingerprint density at radius 3 is 2.89 bits per heavy atom. The van der Waals surface area contributed by atoms with Crippen molar-refractivity contribution in [3.8, 4) is 0 Å². The molecule has 0 amide bonds. The highest BCUT2D eigenvalue weighted by atomic mass is 32.2. The first kappa shape index (κ1) is 12.1. The van der Waals surface area contributed by atoms with Gasteiger partial charge in [-0.2, -0.15) is 4.31 Å². The summed E-state index contributed by atoms with van der Waals surface area (Å²) in [5, 5.41) is 3.38. The third kappa shape index (κ3) is 1.96. The maximum absolute atomic E-state index is 12.5. The number of benzene rings is 1. The highest BCUT2D eigenvalue weighted by Gasteiger charge is 2.41. The Hall–Kier alpha value is -0.910. The molecule has 0 radical (unpaired) electrons. The molecule has 5 heteroatoms. The molecule has 4 nitrogen and oxygen atoms in total. The van der Waals surface area contributed by atoms with Crippen molar-refractivity contribution in [2.75, 3.05) is 19.6 Å². The zero-order valence-corrected chi connectivity index (χ0v) is 11.3. The van der Waals surface area contributed by atoms with Gasteiger partial charge in [0.1, 0.15) is 0 Å². The number of nitrogens with one attached hydrogen (secondary N) is 1. The van der Waals surface area contributed by atoms with Crippen LogP contribution in [0.15, 0.2) is 29.2 Å². The summed E-state index contributed by atoms with van der Waals surface area (Å²) in [4.78, 5) is 0.419. The topological polar surface area (TPSA) is 49.4 Å². The number of hydrogen-bond donors (Lipinski definition) is 1. The van der Waals surface area contributed by atoms with E-state index in [1.807, 2.05) is 13.0 Å². The molecule has 0 saturated carbocycles. The number of fused-ring (bicyclic) bond motifs is 1. The van der Waals surface area contributed by atoms with Crippen molar-refractivity contribution in [2.45, 2.75) is 24.3 Å². The van der Waals surface area contributed by atoms with Crippen LogP contribution in [0, 0.1) is 12.8 Å². The predicted octanol–water partition coefficient (Wildman–Crippen LogP) is 0.977. The molecular formula is C13H18N2O2S. The second-order valence-corrected chi connectivity index (χ2v) is 7.19. The molecule has 3 rings (SSSR count). The molecule has 2 aliphatic heterocycles. The maximum atomic E-state index is 12.5. The smallest absolute Gasteiger partial charge is 0.243 e. The molecule has 0 bridgehead atoms. The number of rotatable bonds is 2. The summed E-state index contributed by atoms with van der Waals surface area (Å²) in [6.07, 6.45) is 1.09. The first-order chi connectivity index (χ1) is 8.57. The summed E-state index contributed by atoms with van der Waals surface area (Å²) in [6.45, 7) is 4.21. The molecule has 2 heterocycles. The Morgan fingerprint density at radius 1 is 1.33 bits per heavy atom. The van der Waals surface area contributed by atoms with Gasteiger partial charge in [0.15, 0.2) is 0 Å². The van der Waals surface area contributed by atoms with Gasteiger partial charge >= 0.3 is 0 Å². The fourth-order valence-corrected chi connectivity index (χ4v) is 4.56. The molecule has 0 spiro atoms. The van der Waals surface area contributed by atoms with Gasteiger partial charge < -0.3 is 5.32 Å². The molecule has 2 atom stereocenters. The van der Waals surface area contributed by atoms with Crippen LogP contribution in [0.25, 0.3) is 0 Å². The second-order valence-electron chi connectivity index (χ2n) is 5.25. The molecule has 2 aliphatic rings. The van der Waals surface area contributed by atoms with Gasteiger partial charge in [-0.3, -0.25) is 0 Å². The molecule has 0 unspecified atom stereocenters. The minimum absolute atomic E-state index is 0.351. The summed E-state index contributed by atoms with van der Waals surface area (Å²) >= 11 is 0. The molecule has 98 valence electrons. The molecular weight excluding hydrogens is 248 g/mol. The molecule has 1 aromatic carbocycles. The van der Waals surface area contributed by atoms with E-state index in [1.165, 1.54) is 0 Å². The summed E-state index contributed by atoms with van der Waals surface area (Å²) in [5.74, 6) is 0.490. The average molecular weight is 266 g/mol. The number of aryl methyl sites for hydroxylation is 1. The van der Waals surface area contributed by atoms with E-state index in [0.29, 0.717) is 29.9 Å². The lowest BCUT2D eigenvalue weighted by Crippen LogP contribution is -2.34. The van der Waals surface area contributed by atoms with Crippen LogP contribution < -0.4 is 5.32 Å². The van der Waals surface area contributed by atoms with Gasteiger partial charge in [0, 0.05) is 19.1 Å². The molecule has 0 aromatic heterocycles. The lowest BCUT2D eigenvalue weighted by molar-refractivity contribution is 0.448. The SMILES string of the molecule is Cc1cccc(S(=O)(=O)N2C[C@H]3CCN[C@@H]3C2)c1. The third-order valence-electron chi connectivity index (χ3n) is 3.96. The standard InChI is InChI=1S/C13H18N2O2S/c1-10-3-2-4-12(7-10)18(16,17)15-8-11-5-6-14-13(11)9-15/h2-4,7,11,13-14H,5-6,8-9H2,1H3/t11-,13-/m1/s1. The van der Waals surface area contributed by atoms with E-state index in [-0.39, 0.29) is 0 Å². The van der Waals surface area contributed by atoms with Gasteiger partial charge in [-0.1, -0.05) is 12.1 Å². The number of hydrogen-bond acceptors (Lipinski definition) is 3. The molecule has 1 aromatic rings. The summed E-state index contributed by atoms with van der Waals surface area (Å²) in [6, 6.07) is 7.50. The predicted molar refractivity (Wildman–Crippen MR) is 69.8 cm³/mol. The summed E-state index contributed by atoms with van der Waals surface area (Å²) < 4.78 is 26.7. The van der Waals surface area contributed by atoms with Crippen molar-refractivity contribution in [3.63, 3.8) is 0 Å². The maximum Gasteiger partial charge on any atom is 0.243 e.